The molecule has 0 aromatic heterocycles. The lowest BCUT2D eigenvalue weighted by Gasteiger charge is -2.48. The van der Waals surface area contributed by atoms with Crippen LogP contribution in [0.25, 0.3) is 0 Å². The normalized spacial score (nSPS) is 24.1. The number of terminal acetylenes is 2. The van der Waals surface area contributed by atoms with Gasteiger partial charge in [-0.3, -0.25) is 9.59 Å². The van der Waals surface area contributed by atoms with Crippen molar-refractivity contribution in [2.45, 2.75) is 138 Å². The number of carbonyl (C=O) groups excluding carboxylic acids is 2. The summed E-state index contributed by atoms with van der Waals surface area (Å²) in [6.45, 7) is 13.3. The fourth-order valence-corrected chi connectivity index (χ4v) is 12.0. The fourth-order valence-electron chi connectivity index (χ4n) is 9.14. The van der Waals surface area contributed by atoms with Crippen molar-refractivity contribution in [1.82, 2.24) is 9.80 Å². The molecule has 12 heteroatoms. The summed E-state index contributed by atoms with van der Waals surface area (Å²) < 4.78 is 13.1. The van der Waals surface area contributed by atoms with E-state index in [9.17, 15) is 9.59 Å². The predicted molar refractivity (Wildman–Crippen MR) is 285 cm³/mol. The van der Waals surface area contributed by atoms with Crippen LogP contribution in [-0.2, 0) is 19.1 Å². The zero-order valence-corrected chi connectivity index (χ0v) is 44.3. The number of hydrogen-bond donors (Lipinski definition) is 0. The Morgan fingerprint density at radius 1 is 0.559 bits per heavy atom. The summed E-state index contributed by atoms with van der Waals surface area (Å²) >= 11 is 29.0. The average molecular weight is 1030 g/mol. The van der Waals surface area contributed by atoms with Crippen LogP contribution in [0, 0.1) is 36.5 Å². The molecule has 8 rings (SSSR count). The van der Waals surface area contributed by atoms with Crippen LogP contribution in [0.5, 0.6) is 0 Å². The molecule has 4 aromatic carbocycles. The van der Waals surface area contributed by atoms with Crippen LogP contribution in [0.2, 0.25) is 20.1 Å². The molecular formula is C56H62Cl4N2O4S2. The van der Waals surface area contributed by atoms with Gasteiger partial charge in [0.1, 0.15) is 24.4 Å². The van der Waals surface area contributed by atoms with Crippen molar-refractivity contribution in [1.29, 1.82) is 0 Å². The molecule has 6 nitrogen and oxygen atoms in total. The maximum atomic E-state index is 14.0. The van der Waals surface area contributed by atoms with Gasteiger partial charge in [-0.05, 0) is 108 Å². The van der Waals surface area contributed by atoms with Crippen molar-refractivity contribution in [2.75, 3.05) is 11.5 Å². The molecule has 2 aliphatic carbocycles. The highest BCUT2D eigenvalue weighted by Gasteiger charge is 2.52. The van der Waals surface area contributed by atoms with E-state index in [1.165, 1.54) is 0 Å². The molecule has 0 radical (unpaired) electrons. The third-order valence-corrected chi connectivity index (χ3v) is 16.4. The maximum Gasteiger partial charge on any atom is 0.253 e. The van der Waals surface area contributed by atoms with Crippen LogP contribution in [-0.4, -0.2) is 66.9 Å². The number of halogens is 4. The standard InChI is InChI=1S/2C28H31Cl2NO2S/c2*1-5-7-24-27(32)31(23(18-10-11-18)17-34-28(2,3)4)25(19-12-14-21(29)15-13-19)26(33-24)20-8-6-9-22(30)16-20/h2*1,6,8-9,12-16,18,23-26H,7,10-11,17H2,2-4H3/t23-,24+,25-,26-;23-,24-,25-,26-/m11/s1. The zero-order valence-electron chi connectivity index (χ0n) is 39.7. The number of nitrogens with zero attached hydrogens (tertiary/aromatic N) is 2. The average Bonchev–Trinajstić information content (AvgIpc) is 4.23. The molecule has 2 aliphatic heterocycles. The zero-order chi connectivity index (χ0) is 48.9. The minimum Gasteiger partial charge on any atom is -0.357 e. The van der Waals surface area contributed by atoms with Crippen molar-refractivity contribution in [3.8, 4) is 24.7 Å². The number of hydrogen-bond acceptors (Lipinski definition) is 6. The van der Waals surface area contributed by atoms with Gasteiger partial charge in [-0.2, -0.15) is 23.5 Å². The summed E-state index contributed by atoms with van der Waals surface area (Å²) in [6, 6.07) is 30.5. The molecule has 0 spiro atoms. The molecular weight excluding hydrogens is 971 g/mol. The lowest BCUT2D eigenvalue weighted by molar-refractivity contribution is -0.179. The van der Waals surface area contributed by atoms with Crippen molar-refractivity contribution in [3.05, 3.63) is 139 Å². The van der Waals surface area contributed by atoms with Crippen molar-refractivity contribution in [3.63, 3.8) is 0 Å². The summed E-state index contributed by atoms with van der Waals surface area (Å²) in [5, 5.41) is 2.58. The number of thioether (sulfide) groups is 2. The summed E-state index contributed by atoms with van der Waals surface area (Å²) in [6.07, 6.45) is 14.2. The first-order chi connectivity index (χ1) is 32.3. The summed E-state index contributed by atoms with van der Waals surface area (Å²) in [4.78, 5) is 32.1. The first kappa shape index (κ1) is 52.5. The van der Waals surface area contributed by atoms with Crippen LogP contribution in [0.15, 0.2) is 97.1 Å². The lowest BCUT2D eigenvalue weighted by Crippen LogP contribution is -2.56. The van der Waals surface area contributed by atoms with Crippen LogP contribution < -0.4 is 0 Å². The Morgan fingerprint density at radius 2 is 0.912 bits per heavy atom. The van der Waals surface area contributed by atoms with Crippen molar-refractivity contribution >= 4 is 81.7 Å². The van der Waals surface area contributed by atoms with Gasteiger partial charge in [0, 0.05) is 66.0 Å². The van der Waals surface area contributed by atoms with E-state index in [1.54, 1.807) is 0 Å². The number of amides is 2. The third kappa shape index (κ3) is 13.6. The van der Waals surface area contributed by atoms with Gasteiger partial charge in [0.25, 0.3) is 11.8 Å². The van der Waals surface area contributed by atoms with Gasteiger partial charge < -0.3 is 19.3 Å². The van der Waals surface area contributed by atoms with Gasteiger partial charge in [-0.15, -0.1) is 24.7 Å². The second-order valence-corrected chi connectivity index (χ2v) is 25.6. The second kappa shape index (κ2) is 22.9. The molecule has 0 bridgehead atoms. The van der Waals surface area contributed by atoms with Gasteiger partial charge in [0.15, 0.2) is 0 Å². The van der Waals surface area contributed by atoms with Crippen LogP contribution in [0.4, 0.5) is 0 Å². The third-order valence-electron chi connectivity index (χ3n) is 12.7. The Balaban J connectivity index is 0.000000201. The first-order valence-electron chi connectivity index (χ1n) is 23.5. The summed E-state index contributed by atoms with van der Waals surface area (Å²) in [5.74, 6) is 7.96. The van der Waals surface area contributed by atoms with Gasteiger partial charge in [0.05, 0.1) is 12.1 Å². The minimum atomic E-state index is -0.682. The fraction of sp³-hybridized carbons (Fsp3) is 0.464. The molecule has 4 aliphatic rings. The molecule has 68 heavy (non-hydrogen) atoms. The van der Waals surface area contributed by atoms with Crippen LogP contribution in [0.1, 0.15) is 127 Å². The van der Waals surface area contributed by atoms with E-state index in [1.807, 2.05) is 121 Å². The van der Waals surface area contributed by atoms with E-state index < -0.39 is 24.4 Å². The van der Waals surface area contributed by atoms with Crippen molar-refractivity contribution in [2.24, 2.45) is 11.8 Å². The number of rotatable bonds is 14. The van der Waals surface area contributed by atoms with Gasteiger partial charge >= 0.3 is 0 Å². The molecule has 4 fully saturated rings. The number of morpholine rings is 2. The molecule has 2 heterocycles. The molecule has 4 aromatic rings. The molecule has 8 atom stereocenters. The minimum absolute atomic E-state index is 0.0254. The first-order valence-corrected chi connectivity index (χ1v) is 27.0. The highest BCUT2D eigenvalue weighted by atomic mass is 35.5. The Bertz CT molecular complexity index is 2280. The lowest BCUT2D eigenvalue weighted by atomic mass is 9.89. The highest BCUT2D eigenvalue weighted by Crippen LogP contribution is 2.51. The quantitative estimate of drug-likeness (QED) is 0.117. The van der Waals surface area contributed by atoms with E-state index in [-0.39, 0.29) is 58.3 Å². The van der Waals surface area contributed by atoms with E-state index in [2.05, 4.69) is 63.2 Å². The SMILES string of the molecule is C#CC[C@@H]1O[C@H](c2cccc(Cl)c2)[C@@H](c2ccc(Cl)cc2)N([C@H](CSC(C)(C)C)C2CC2)C1=O.C#CC[C@H]1O[C@H](c2cccc(Cl)c2)[C@@H](c2ccc(Cl)cc2)N([C@H](CSC(C)(C)C)C2CC2)C1=O. The monoisotopic (exact) mass is 1030 g/mol. The Kier molecular flexibility index (Phi) is 17.7. The molecule has 2 saturated carbocycles. The number of carbonyl (C=O) groups is 2. The summed E-state index contributed by atoms with van der Waals surface area (Å²) in [7, 11) is 0. The van der Waals surface area contributed by atoms with Gasteiger partial charge in [-0.25, -0.2) is 0 Å². The smallest absolute Gasteiger partial charge is 0.253 e. The largest absolute Gasteiger partial charge is 0.357 e. The van der Waals surface area contributed by atoms with Crippen LogP contribution >= 0.6 is 69.9 Å². The van der Waals surface area contributed by atoms with E-state index in [4.69, 9.17) is 68.7 Å². The maximum absolute atomic E-state index is 14.0. The molecule has 2 amide bonds. The van der Waals surface area contributed by atoms with Crippen molar-refractivity contribution < 1.29 is 19.1 Å². The molecule has 0 N–H and O–H groups in total. The molecule has 360 valence electrons. The summed E-state index contributed by atoms with van der Waals surface area (Å²) in [5.41, 5.74) is 3.86. The Labute approximate surface area is 433 Å². The molecule has 2 saturated heterocycles. The second-order valence-electron chi connectivity index (χ2n) is 20.2. The number of ether oxygens (including phenoxy) is 2. The van der Waals surface area contributed by atoms with E-state index in [0.29, 0.717) is 31.9 Å². The van der Waals surface area contributed by atoms with Gasteiger partial charge in [0.2, 0.25) is 0 Å². The topological polar surface area (TPSA) is 59.1 Å². The molecule has 0 unspecified atom stereocenters. The Morgan fingerprint density at radius 3 is 1.21 bits per heavy atom. The Hall–Kier alpha value is -3.28. The number of benzene rings is 4. The van der Waals surface area contributed by atoms with E-state index in [0.717, 1.165) is 59.4 Å². The highest BCUT2D eigenvalue weighted by molar-refractivity contribution is 8.00. The van der Waals surface area contributed by atoms with Crippen LogP contribution in [0.3, 0.4) is 0 Å². The van der Waals surface area contributed by atoms with Gasteiger partial charge in [-0.1, -0.05) is 136 Å². The van der Waals surface area contributed by atoms with E-state index >= 15 is 0 Å². The predicted octanol–water partition coefficient (Wildman–Crippen LogP) is 14.7.